The maximum absolute atomic E-state index is 14.0. The Morgan fingerprint density at radius 1 is 1.03 bits per heavy atom. The van der Waals surface area contributed by atoms with Crippen LogP contribution in [0.5, 0.6) is 5.75 Å². The van der Waals surface area contributed by atoms with E-state index in [1.807, 2.05) is 17.0 Å². The van der Waals surface area contributed by atoms with E-state index in [1.165, 1.54) is 11.6 Å². The molecule has 1 aliphatic heterocycles. The minimum Gasteiger partial charge on any atom is -0.508 e. The molecule has 148 valence electrons. The summed E-state index contributed by atoms with van der Waals surface area (Å²) in [5.41, 5.74) is 1.89. The highest BCUT2D eigenvalue weighted by Gasteiger charge is 2.26. The van der Waals surface area contributed by atoms with Gasteiger partial charge in [0.25, 0.3) is 5.91 Å². The molecule has 1 aromatic heterocycles. The Hall–Kier alpha value is -3.41. The fourth-order valence-electron chi connectivity index (χ4n) is 3.70. The van der Waals surface area contributed by atoms with Crippen molar-refractivity contribution in [1.82, 2.24) is 9.88 Å². The van der Waals surface area contributed by atoms with Crippen LogP contribution in [0.4, 0.5) is 15.9 Å². The standard InChI is InChI=1S/C23H22FN3O2/c24-20-5-1-2-6-21(20)26-22-19(4-3-13-25-22)23(29)27-14-11-17(12-15-27)16-7-9-18(28)10-8-16/h1-10,13,17,28H,11-12,14-15H2,(H,25,26). The Kier molecular flexibility index (Phi) is 5.42. The Bertz CT molecular complexity index is 999. The number of benzene rings is 2. The van der Waals surface area contributed by atoms with Gasteiger partial charge in [-0.2, -0.15) is 0 Å². The number of carbonyl (C=O) groups excluding carboxylic acids is 1. The summed E-state index contributed by atoms with van der Waals surface area (Å²) >= 11 is 0. The van der Waals surface area contributed by atoms with Gasteiger partial charge in [-0.1, -0.05) is 24.3 Å². The van der Waals surface area contributed by atoms with Gasteiger partial charge in [0.15, 0.2) is 0 Å². The Balaban J connectivity index is 1.47. The maximum atomic E-state index is 14.0. The van der Waals surface area contributed by atoms with Gasteiger partial charge in [-0.05, 0) is 60.7 Å². The predicted octanol–water partition coefficient (Wildman–Crippen LogP) is 4.69. The van der Waals surface area contributed by atoms with Crippen LogP contribution in [0.15, 0.2) is 66.9 Å². The summed E-state index contributed by atoms with van der Waals surface area (Å²) in [5, 5.41) is 12.4. The number of likely N-dealkylation sites (tertiary alicyclic amines) is 1. The largest absolute Gasteiger partial charge is 0.508 e. The predicted molar refractivity (Wildman–Crippen MR) is 110 cm³/mol. The van der Waals surface area contributed by atoms with E-state index in [1.54, 1.807) is 48.7 Å². The summed E-state index contributed by atoms with van der Waals surface area (Å²) in [7, 11) is 0. The van der Waals surface area contributed by atoms with E-state index in [9.17, 15) is 14.3 Å². The molecule has 5 nitrogen and oxygen atoms in total. The fourth-order valence-corrected chi connectivity index (χ4v) is 3.70. The number of aromatic hydroxyl groups is 1. The van der Waals surface area contributed by atoms with Gasteiger partial charge in [-0.15, -0.1) is 0 Å². The van der Waals surface area contributed by atoms with Crippen molar-refractivity contribution in [1.29, 1.82) is 0 Å². The van der Waals surface area contributed by atoms with Crippen LogP contribution in [-0.4, -0.2) is 34.0 Å². The van der Waals surface area contributed by atoms with Crippen LogP contribution >= 0.6 is 0 Å². The van der Waals surface area contributed by atoms with Crippen LogP contribution in [0.1, 0.15) is 34.7 Å². The minimum absolute atomic E-state index is 0.110. The number of halogens is 1. The molecule has 4 rings (SSSR count). The summed E-state index contributed by atoms with van der Waals surface area (Å²) in [6.07, 6.45) is 3.29. The van der Waals surface area contributed by atoms with Crippen molar-refractivity contribution in [2.24, 2.45) is 0 Å². The smallest absolute Gasteiger partial charge is 0.257 e. The number of nitrogens with one attached hydrogen (secondary N) is 1. The molecule has 2 aromatic carbocycles. The van der Waals surface area contributed by atoms with Crippen LogP contribution < -0.4 is 5.32 Å². The number of phenolic OH excluding ortho intramolecular Hbond substituents is 1. The second-order valence-electron chi connectivity index (χ2n) is 7.16. The zero-order valence-corrected chi connectivity index (χ0v) is 15.9. The number of hydrogen-bond acceptors (Lipinski definition) is 4. The van der Waals surface area contributed by atoms with Gasteiger partial charge in [0.05, 0.1) is 11.3 Å². The van der Waals surface area contributed by atoms with Crippen LogP contribution in [-0.2, 0) is 0 Å². The molecule has 1 fully saturated rings. The monoisotopic (exact) mass is 391 g/mol. The fraction of sp³-hybridized carbons (Fsp3) is 0.217. The van der Waals surface area contributed by atoms with Gasteiger partial charge in [-0.25, -0.2) is 9.37 Å². The number of anilines is 2. The summed E-state index contributed by atoms with van der Waals surface area (Å²) in [6.45, 7) is 1.27. The van der Waals surface area contributed by atoms with Crippen molar-refractivity contribution >= 4 is 17.4 Å². The molecule has 0 radical (unpaired) electrons. The number of piperidine rings is 1. The summed E-state index contributed by atoms with van der Waals surface area (Å²) in [6, 6.07) is 17.0. The zero-order chi connectivity index (χ0) is 20.2. The first-order chi connectivity index (χ1) is 14.1. The van der Waals surface area contributed by atoms with Gasteiger partial charge in [0.2, 0.25) is 0 Å². The van der Waals surface area contributed by atoms with E-state index in [0.29, 0.717) is 30.4 Å². The van der Waals surface area contributed by atoms with Crippen molar-refractivity contribution in [2.45, 2.75) is 18.8 Å². The summed E-state index contributed by atoms with van der Waals surface area (Å²) in [5.74, 6) is 0.466. The van der Waals surface area contributed by atoms with E-state index < -0.39 is 5.82 Å². The lowest BCUT2D eigenvalue weighted by atomic mass is 9.89. The molecule has 1 saturated heterocycles. The quantitative estimate of drug-likeness (QED) is 0.677. The second kappa shape index (κ2) is 8.31. The molecule has 0 bridgehead atoms. The average Bonchev–Trinajstić information content (AvgIpc) is 2.76. The number of carbonyl (C=O) groups is 1. The van der Waals surface area contributed by atoms with Crippen LogP contribution in [0.25, 0.3) is 0 Å². The third-order valence-corrected chi connectivity index (χ3v) is 5.31. The number of pyridine rings is 1. The molecule has 3 aromatic rings. The van der Waals surface area contributed by atoms with E-state index >= 15 is 0 Å². The lowest BCUT2D eigenvalue weighted by Crippen LogP contribution is -2.38. The van der Waals surface area contributed by atoms with Gasteiger partial charge in [-0.3, -0.25) is 4.79 Å². The number of phenols is 1. The number of nitrogens with zero attached hydrogens (tertiary/aromatic N) is 2. The minimum atomic E-state index is -0.397. The molecular weight excluding hydrogens is 369 g/mol. The number of aromatic nitrogens is 1. The molecule has 1 aliphatic rings. The summed E-state index contributed by atoms with van der Waals surface area (Å²) in [4.78, 5) is 19.2. The third kappa shape index (κ3) is 4.21. The van der Waals surface area contributed by atoms with Crippen molar-refractivity contribution in [3.8, 4) is 5.75 Å². The second-order valence-corrected chi connectivity index (χ2v) is 7.16. The highest BCUT2D eigenvalue weighted by Crippen LogP contribution is 2.30. The van der Waals surface area contributed by atoms with Gasteiger partial charge < -0.3 is 15.3 Å². The van der Waals surface area contributed by atoms with Crippen LogP contribution in [0.2, 0.25) is 0 Å². The van der Waals surface area contributed by atoms with Crippen molar-refractivity contribution in [3.05, 3.63) is 83.8 Å². The topological polar surface area (TPSA) is 65.5 Å². The Morgan fingerprint density at radius 3 is 2.48 bits per heavy atom. The molecule has 2 N–H and O–H groups in total. The van der Waals surface area contributed by atoms with E-state index in [4.69, 9.17) is 0 Å². The summed E-state index contributed by atoms with van der Waals surface area (Å²) < 4.78 is 14.0. The lowest BCUT2D eigenvalue weighted by molar-refractivity contribution is 0.0713. The molecule has 1 amide bonds. The molecule has 6 heteroatoms. The zero-order valence-electron chi connectivity index (χ0n) is 15.9. The van der Waals surface area contributed by atoms with Gasteiger partial charge in [0, 0.05) is 19.3 Å². The van der Waals surface area contributed by atoms with Crippen LogP contribution in [0.3, 0.4) is 0 Å². The first-order valence-electron chi connectivity index (χ1n) is 9.66. The molecule has 0 aliphatic carbocycles. The third-order valence-electron chi connectivity index (χ3n) is 5.31. The molecule has 0 unspecified atom stereocenters. The molecule has 0 spiro atoms. The highest BCUT2D eigenvalue weighted by molar-refractivity contribution is 5.99. The Morgan fingerprint density at radius 2 is 1.76 bits per heavy atom. The van der Waals surface area contributed by atoms with E-state index in [2.05, 4.69) is 10.3 Å². The van der Waals surface area contributed by atoms with Crippen LogP contribution in [0, 0.1) is 5.82 Å². The SMILES string of the molecule is O=C(c1cccnc1Nc1ccccc1F)N1CCC(c2ccc(O)cc2)CC1. The van der Waals surface area contributed by atoms with E-state index in [-0.39, 0.29) is 17.3 Å². The average molecular weight is 391 g/mol. The first-order valence-corrected chi connectivity index (χ1v) is 9.66. The first kappa shape index (κ1) is 18.9. The van der Waals surface area contributed by atoms with Crippen molar-refractivity contribution in [3.63, 3.8) is 0 Å². The number of hydrogen-bond donors (Lipinski definition) is 2. The number of amides is 1. The molecule has 0 saturated carbocycles. The highest BCUT2D eigenvalue weighted by atomic mass is 19.1. The number of para-hydroxylation sites is 1. The normalized spacial score (nSPS) is 14.6. The lowest BCUT2D eigenvalue weighted by Gasteiger charge is -2.32. The molecular formula is C23H22FN3O2. The molecule has 2 heterocycles. The molecule has 0 atom stereocenters. The molecule has 29 heavy (non-hydrogen) atoms. The maximum Gasteiger partial charge on any atom is 0.257 e. The van der Waals surface area contributed by atoms with Crippen molar-refractivity contribution in [2.75, 3.05) is 18.4 Å². The van der Waals surface area contributed by atoms with Gasteiger partial charge >= 0.3 is 0 Å². The van der Waals surface area contributed by atoms with Crippen molar-refractivity contribution < 1.29 is 14.3 Å². The van der Waals surface area contributed by atoms with Gasteiger partial charge in [0.1, 0.15) is 17.4 Å². The Labute approximate surface area is 168 Å². The van der Waals surface area contributed by atoms with E-state index in [0.717, 1.165) is 12.8 Å². The number of rotatable bonds is 4.